The highest BCUT2D eigenvalue weighted by Crippen LogP contribution is 2.22. The topological polar surface area (TPSA) is 54.2 Å². The SMILES string of the molecule is CCNC(=NCc1ccc(C)cc1SC)NCc1nccn1Cc1ccccc1. The van der Waals surface area contributed by atoms with Gasteiger partial charge in [0.05, 0.1) is 13.1 Å². The third kappa shape index (κ3) is 6.12. The molecule has 29 heavy (non-hydrogen) atoms. The first-order valence-corrected chi connectivity index (χ1v) is 11.1. The summed E-state index contributed by atoms with van der Waals surface area (Å²) in [5, 5.41) is 6.75. The molecule has 3 rings (SSSR count). The van der Waals surface area contributed by atoms with E-state index in [9.17, 15) is 0 Å². The van der Waals surface area contributed by atoms with Crippen molar-refractivity contribution >= 4 is 17.7 Å². The predicted octanol–water partition coefficient (Wildman–Crippen LogP) is 4.22. The van der Waals surface area contributed by atoms with Crippen LogP contribution in [-0.4, -0.2) is 28.3 Å². The first kappa shape index (κ1) is 21.0. The van der Waals surface area contributed by atoms with Crippen molar-refractivity contribution < 1.29 is 0 Å². The largest absolute Gasteiger partial charge is 0.357 e. The molecule has 3 aromatic rings. The average Bonchev–Trinajstić information content (AvgIpc) is 3.18. The number of thioether (sulfide) groups is 1. The van der Waals surface area contributed by atoms with E-state index < -0.39 is 0 Å². The van der Waals surface area contributed by atoms with Crippen molar-refractivity contribution in [3.8, 4) is 0 Å². The zero-order chi connectivity index (χ0) is 20.5. The van der Waals surface area contributed by atoms with Crippen LogP contribution in [-0.2, 0) is 19.6 Å². The molecule has 0 radical (unpaired) electrons. The minimum Gasteiger partial charge on any atom is -0.357 e. The molecule has 2 aromatic carbocycles. The number of guanidine groups is 1. The van der Waals surface area contributed by atoms with Crippen LogP contribution in [0.15, 0.2) is 70.8 Å². The Labute approximate surface area is 177 Å². The van der Waals surface area contributed by atoms with Gasteiger partial charge in [-0.3, -0.25) is 0 Å². The summed E-state index contributed by atoms with van der Waals surface area (Å²) < 4.78 is 2.16. The molecule has 0 atom stereocenters. The van der Waals surface area contributed by atoms with Gasteiger partial charge in [-0.2, -0.15) is 0 Å². The van der Waals surface area contributed by atoms with E-state index >= 15 is 0 Å². The smallest absolute Gasteiger partial charge is 0.191 e. The normalized spacial score (nSPS) is 11.5. The zero-order valence-electron chi connectivity index (χ0n) is 17.4. The van der Waals surface area contributed by atoms with Crippen LogP contribution in [0.25, 0.3) is 0 Å². The van der Waals surface area contributed by atoms with Crippen molar-refractivity contribution in [2.24, 2.45) is 4.99 Å². The lowest BCUT2D eigenvalue weighted by atomic mass is 10.1. The Balaban J connectivity index is 1.66. The maximum absolute atomic E-state index is 4.78. The number of rotatable bonds is 8. The van der Waals surface area contributed by atoms with Gasteiger partial charge in [-0.25, -0.2) is 9.98 Å². The number of nitrogens with zero attached hydrogens (tertiary/aromatic N) is 3. The molecule has 0 spiro atoms. The summed E-state index contributed by atoms with van der Waals surface area (Å²) in [4.78, 5) is 10.6. The molecule has 1 heterocycles. The Morgan fingerprint density at radius 1 is 1.14 bits per heavy atom. The Hall–Kier alpha value is -2.73. The van der Waals surface area contributed by atoms with Gasteiger partial charge in [-0.15, -0.1) is 11.8 Å². The van der Waals surface area contributed by atoms with E-state index in [1.165, 1.54) is 21.6 Å². The van der Waals surface area contributed by atoms with Gasteiger partial charge in [0.1, 0.15) is 5.82 Å². The fourth-order valence-corrected chi connectivity index (χ4v) is 3.78. The fourth-order valence-electron chi connectivity index (χ4n) is 3.08. The lowest BCUT2D eigenvalue weighted by Crippen LogP contribution is -2.37. The van der Waals surface area contributed by atoms with Crippen LogP contribution in [0.1, 0.15) is 29.4 Å². The molecule has 0 aliphatic heterocycles. The molecule has 0 saturated carbocycles. The Kier molecular flexibility index (Phi) is 7.76. The molecular weight excluding hydrogens is 378 g/mol. The maximum atomic E-state index is 4.78. The van der Waals surface area contributed by atoms with E-state index in [4.69, 9.17) is 4.99 Å². The molecule has 0 aliphatic carbocycles. The molecule has 0 aliphatic rings. The van der Waals surface area contributed by atoms with Crippen LogP contribution in [0.3, 0.4) is 0 Å². The van der Waals surface area contributed by atoms with Gasteiger partial charge in [0.2, 0.25) is 0 Å². The molecule has 0 saturated heterocycles. The number of hydrogen-bond acceptors (Lipinski definition) is 3. The number of nitrogens with one attached hydrogen (secondary N) is 2. The zero-order valence-corrected chi connectivity index (χ0v) is 18.2. The quantitative estimate of drug-likeness (QED) is 0.334. The second kappa shape index (κ2) is 10.7. The lowest BCUT2D eigenvalue weighted by molar-refractivity contribution is 0.688. The van der Waals surface area contributed by atoms with Crippen LogP contribution in [0.5, 0.6) is 0 Å². The van der Waals surface area contributed by atoms with Crippen molar-refractivity contribution in [3.05, 3.63) is 83.4 Å². The number of hydrogen-bond donors (Lipinski definition) is 2. The molecule has 0 bridgehead atoms. The van der Waals surface area contributed by atoms with E-state index in [0.717, 1.165) is 24.9 Å². The van der Waals surface area contributed by atoms with Gasteiger partial charge < -0.3 is 15.2 Å². The highest BCUT2D eigenvalue weighted by molar-refractivity contribution is 7.98. The van der Waals surface area contributed by atoms with Crippen molar-refractivity contribution in [1.29, 1.82) is 0 Å². The Bertz CT molecular complexity index is 933. The third-order valence-corrected chi connectivity index (χ3v) is 5.43. The van der Waals surface area contributed by atoms with Crippen molar-refractivity contribution in [1.82, 2.24) is 20.2 Å². The summed E-state index contributed by atoms with van der Waals surface area (Å²) in [7, 11) is 0. The summed E-state index contributed by atoms with van der Waals surface area (Å²) in [6.07, 6.45) is 5.98. The van der Waals surface area contributed by atoms with Gasteiger partial charge in [-0.1, -0.05) is 42.5 Å². The number of benzene rings is 2. The highest BCUT2D eigenvalue weighted by atomic mass is 32.2. The van der Waals surface area contributed by atoms with E-state index in [1.807, 2.05) is 18.5 Å². The molecule has 0 amide bonds. The molecule has 152 valence electrons. The standard InChI is InChI=1S/C23H29N5S/c1-4-24-23(26-15-20-11-10-18(2)14-21(20)29-3)27-16-22-25-12-13-28(22)17-19-8-6-5-7-9-19/h5-14H,4,15-17H2,1-3H3,(H2,24,26,27). The lowest BCUT2D eigenvalue weighted by Gasteiger charge is -2.13. The molecule has 5 nitrogen and oxygen atoms in total. The van der Waals surface area contributed by atoms with Crippen LogP contribution >= 0.6 is 11.8 Å². The average molecular weight is 408 g/mol. The predicted molar refractivity (Wildman–Crippen MR) is 122 cm³/mol. The number of aliphatic imine (C=N–C) groups is 1. The molecule has 6 heteroatoms. The van der Waals surface area contributed by atoms with E-state index in [-0.39, 0.29) is 0 Å². The summed E-state index contributed by atoms with van der Waals surface area (Å²) in [5.74, 6) is 1.79. The second-order valence-corrected chi connectivity index (χ2v) is 7.67. The van der Waals surface area contributed by atoms with Gasteiger partial charge in [-0.05, 0) is 42.9 Å². The van der Waals surface area contributed by atoms with Crippen LogP contribution in [0.2, 0.25) is 0 Å². The maximum Gasteiger partial charge on any atom is 0.191 e. The minimum absolute atomic E-state index is 0.620. The van der Waals surface area contributed by atoms with Gasteiger partial charge in [0.15, 0.2) is 5.96 Å². The molecule has 2 N–H and O–H groups in total. The van der Waals surface area contributed by atoms with Crippen LogP contribution in [0, 0.1) is 6.92 Å². The monoisotopic (exact) mass is 407 g/mol. The Morgan fingerprint density at radius 2 is 1.97 bits per heavy atom. The van der Waals surface area contributed by atoms with Crippen molar-refractivity contribution in [3.63, 3.8) is 0 Å². The summed E-state index contributed by atoms with van der Waals surface area (Å²) in [5.41, 5.74) is 3.78. The van der Waals surface area contributed by atoms with Crippen molar-refractivity contribution in [2.75, 3.05) is 12.8 Å². The first-order chi connectivity index (χ1) is 14.2. The highest BCUT2D eigenvalue weighted by Gasteiger charge is 2.06. The minimum atomic E-state index is 0.620. The molecular formula is C23H29N5S. The molecule has 0 fully saturated rings. The van der Waals surface area contributed by atoms with Crippen LogP contribution < -0.4 is 10.6 Å². The van der Waals surface area contributed by atoms with Crippen molar-refractivity contribution in [2.45, 2.75) is 38.4 Å². The number of aromatic nitrogens is 2. The fraction of sp³-hybridized carbons (Fsp3) is 0.304. The second-order valence-electron chi connectivity index (χ2n) is 6.82. The number of imidazole rings is 1. The first-order valence-electron chi connectivity index (χ1n) is 9.89. The summed E-state index contributed by atoms with van der Waals surface area (Å²) in [6.45, 7) is 7.08. The number of aryl methyl sites for hydroxylation is 1. The van der Waals surface area contributed by atoms with E-state index in [2.05, 4.69) is 82.8 Å². The molecule has 1 aromatic heterocycles. The van der Waals surface area contributed by atoms with E-state index in [0.29, 0.717) is 13.1 Å². The van der Waals surface area contributed by atoms with Gasteiger partial charge in [0, 0.05) is 30.4 Å². The van der Waals surface area contributed by atoms with Crippen LogP contribution in [0.4, 0.5) is 0 Å². The molecule has 0 unspecified atom stereocenters. The van der Waals surface area contributed by atoms with E-state index in [1.54, 1.807) is 11.8 Å². The summed E-state index contributed by atoms with van der Waals surface area (Å²) in [6, 6.07) is 17.0. The Morgan fingerprint density at radius 3 is 2.72 bits per heavy atom. The van der Waals surface area contributed by atoms with Gasteiger partial charge in [0.25, 0.3) is 0 Å². The van der Waals surface area contributed by atoms with Gasteiger partial charge >= 0.3 is 0 Å². The summed E-state index contributed by atoms with van der Waals surface area (Å²) >= 11 is 1.77. The third-order valence-electron chi connectivity index (χ3n) is 4.61.